The van der Waals surface area contributed by atoms with Crippen LogP contribution in [0.3, 0.4) is 0 Å². The number of allylic oxidation sites excluding steroid dienone is 2. The minimum absolute atomic E-state index is 0.180. The van der Waals surface area contributed by atoms with E-state index in [0.29, 0.717) is 13.2 Å². The highest BCUT2D eigenvalue weighted by Gasteiger charge is 2.19. The summed E-state index contributed by atoms with van der Waals surface area (Å²) in [5, 5.41) is 0. The highest BCUT2D eigenvalue weighted by molar-refractivity contribution is 5.71. The summed E-state index contributed by atoms with van der Waals surface area (Å²) in [6.45, 7) is 7.59. The summed E-state index contributed by atoms with van der Waals surface area (Å²) in [7, 11) is 0. The van der Waals surface area contributed by atoms with Gasteiger partial charge in [0.2, 0.25) is 0 Å². The molecule has 0 spiro atoms. The predicted molar refractivity (Wildman–Crippen MR) is 165 cm³/mol. The van der Waals surface area contributed by atoms with E-state index >= 15 is 0 Å². The molecule has 0 saturated carbocycles. The van der Waals surface area contributed by atoms with Crippen LogP contribution >= 0.6 is 0 Å². The maximum absolute atomic E-state index is 12.0. The number of carbonyl (C=O) groups excluding carboxylic acids is 1. The van der Waals surface area contributed by atoms with Crippen LogP contribution in [0, 0.1) is 11.8 Å². The van der Waals surface area contributed by atoms with Crippen molar-refractivity contribution < 1.29 is 14.3 Å². The lowest BCUT2D eigenvalue weighted by Crippen LogP contribution is -2.30. The van der Waals surface area contributed by atoms with Crippen LogP contribution in [0.5, 0.6) is 5.75 Å². The molecule has 0 bridgehead atoms. The molecule has 0 amide bonds. The molecule has 1 atom stereocenters. The van der Waals surface area contributed by atoms with Crippen molar-refractivity contribution in [3.05, 3.63) is 106 Å². The molecule has 3 aromatic rings. The van der Waals surface area contributed by atoms with Crippen LogP contribution in [-0.2, 0) is 35.6 Å². The molecule has 5 rings (SSSR count). The van der Waals surface area contributed by atoms with Gasteiger partial charge in [0.15, 0.2) is 0 Å². The van der Waals surface area contributed by atoms with E-state index < -0.39 is 0 Å². The van der Waals surface area contributed by atoms with E-state index in [1.807, 2.05) is 31.2 Å². The van der Waals surface area contributed by atoms with Gasteiger partial charge in [0.25, 0.3) is 0 Å². The molecule has 4 nitrogen and oxygen atoms in total. The van der Waals surface area contributed by atoms with Gasteiger partial charge < -0.3 is 9.47 Å². The molecule has 1 heterocycles. The molecule has 2 aliphatic rings. The van der Waals surface area contributed by atoms with Gasteiger partial charge in [-0.3, -0.25) is 9.69 Å². The van der Waals surface area contributed by atoms with Crippen LogP contribution in [-0.4, -0.2) is 24.0 Å². The highest BCUT2D eigenvalue weighted by atomic mass is 16.5. The number of fused-ring (bicyclic) bond motifs is 1. The molecule has 4 heteroatoms. The average molecular weight is 548 g/mol. The van der Waals surface area contributed by atoms with Crippen molar-refractivity contribution in [2.24, 2.45) is 0 Å². The summed E-state index contributed by atoms with van der Waals surface area (Å²) in [6, 6.07) is 23.7. The number of hydrogen-bond donors (Lipinski definition) is 0. The first-order valence-corrected chi connectivity index (χ1v) is 15.0. The van der Waals surface area contributed by atoms with Gasteiger partial charge in [-0.05, 0) is 103 Å². The van der Waals surface area contributed by atoms with Crippen LogP contribution < -0.4 is 4.74 Å². The number of carbonyl (C=O) groups is 1. The standard InChI is InChI=1S/C37H41NO3/c1-3-10-32(24-37(39)40-4-2)30-17-19-35(20-18-30)41-27-28-15-16-34(36(23-28)31-12-6-5-7-13-31)26-38-22-21-29-11-8-9-14-33(29)25-38/h8-9,11-12,14-20,23,32H,4-7,13,21-22,24-27H2,1-2H3. The van der Waals surface area contributed by atoms with Crippen LogP contribution in [0.15, 0.2) is 72.8 Å². The number of rotatable bonds is 10. The zero-order valence-electron chi connectivity index (χ0n) is 24.5. The Labute approximate surface area is 245 Å². The zero-order chi connectivity index (χ0) is 28.4. The summed E-state index contributed by atoms with van der Waals surface area (Å²) >= 11 is 0. The third kappa shape index (κ3) is 7.69. The van der Waals surface area contributed by atoms with Crippen molar-refractivity contribution in [3.8, 4) is 17.6 Å². The predicted octanol–water partition coefficient (Wildman–Crippen LogP) is 7.84. The summed E-state index contributed by atoms with van der Waals surface area (Å²) in [4.78, 5) is 14.6. The molecule has 1 aliphatic heterocycles. The van der Waals surface area contributed by atoms with Gasteiger partial charge >= 0.3 is 5.97 Å². The second-order valence-corrected chi connectivity index (χ2v) is 11.0. The lowest BCUT2D eigenvalue weighted by molar-refractivity contribution is -0.143. The molecular weight excluding hydrogens is 506 g/mol. The summed E-state index contributed by atoms with van der Waals surface area (Å²) in [5.74, 6) is 6.49. The van der Waals surface area contributed by atoms with Gasteiger partial charge in [0.1, 0.15) is 12.4 Å². The molecule has 3 aromatic carbocycles. The van der Waals surface area contributed by atoms with Crippen LogP contribution in [0.2, 0.25) is 0 Å². The molecule has 0 saturated heterocycles. The summed E-state index contributed by atoms with van der Waals surface area (Å²) in [6.07, 6.45) is 8.67. The second-order valence-electron chi connectivity index (χ2n) is 11.0. The van der Waals surface area contributed by atoms with Gasteiger partial charge in [0.05, 0.1) is 18.9 Å². The van der Waals surface area contributed by atoms with Crippen molar-refractivity contribution in [3.63, 3.8) is 0 Å². The smallest absolute Gasteiger partial charge is 0.307 e. The van der Waals surface area contributed by atoms with Crippen molar-refractivity contribution in [2.75, 3.05) is 13.2 Å². The number of nitrogens with zero attached hydrogens (tertiary/aromatic N) is 1. The van der Waals surface area contributed by atoms with E-state index in [4.69, 9.17) is 9.47 Å². The minimum Gasteiger partial charge on any atom is -0.489 e. The summed E-state index contributed by atoms with van der Waals surface area (Å²) in [5.41, 5.74) is 9.42. The Morgan fingerprint density at radius 1 is 1.00 bits per heavy atom. The maximum Gasteiger partial charge on any atom is 0.307 e. The van der Waals surface area contributed by atoms with E-state index in [0.717, 1.165) is 43.8 Å². The molecule has 0 fully saturated rings. The Bertz CT molecular complexity index is 1430. The lowest BCUT2D eigenvalue weighted by Gasteiger charge is -2.30. The molecule has 0 aromatic heterocycles. The molecular formula is C37H41NO3. The topological polar surface area (TPSA) is 38.8 Å². The van der Waals surface area contributed by atoms with E-state index in [2.05, 4.69) is 65.3 Å². The molecule has 212 valence electrons. The first-order valence-electron chi connectivity index (χ1n) is 15.0. The third-order valence-electron chi connectivity index (χ3n) is 8.10. The fourth-order valence-corrected chi connectivity index (χ4v) is 5.94. The quantitative estimate of drug-likeness (QED) is 0.191. The number of esters is 1. The largest absolute Gasteiger partial charge is 0.489 e. The third-order valence-corrected chi connectivity index (χ3v) is 8.10. The average Bonchev–Trinajstić information content (AvgIpc) is 3.01. The maximum atomic E-state index is 12.0. The van der Waals surface area contributed by atoms with Crippen LogP contribution in [0.4, 0.5) is 0 Å². The SMILES string of the molecule is CC#CC(CC(=O)OCC)c1ccc(OCc2ccc(CN3CCc4ccccc4C3)c(C3=CCCCC3)c2)cc1. The fourth-order valence-electron chi connectivity index (χ4n) is 5.94. The Kier molecular flexibility index (Phi) is 9.94. The van der Waals surface area contributed by atoms with E-state index in [1.165, 1.54) is 52.7 Å². The first kappa shape index (κ1) is 28.7. The normalized spacial score (nSPS) is 15.6. The van der Waals surface area contributed by atoms with E-state index in [9.17, 15) is 4.79 Å². The monoisotopic (exact) mass is 547 g/mol. The van der Waals surface area contributed by atoms with Gasteiger partial charge in [-0.25, -0.2) is 0 Å². The number of benzene rings is 3. The van der Waals surface area contributed by atoms with Crippen molar-refractivity contribution in [1.29, 1.82) is 0 Å². The first-order chi connectivity index (χ1) is 20.1. The highest BCUT2D eigenvalue weighted by Crippen LogP contribution is 2.32. The Hall–Kier alpha value is -3.81. The number of ether oxygens (including phenoxy) is 2. The van der Waals surface area contributed by atoms with Crippen LogP contribution in [0.1, 0.15) is 85.3 Å². The Morgan fingerprint density at radius 2 is 1.83 bits per heavy atom. The van der Waals surface area contributed by atoms with Crippen molar-refractivity contribution >= 4 is 11.5 Å². The molecule has 1 unspecified atom stereocenters. The minimum atomic E-state index is -0.224. The van der Waals surface area contributed by atoms with Gasteiger partial charge in [-0.1, -0.05) is 60.5 Å². The lowest BCUT2D eigenvalue weighted by atomic mass is 9.89. The second kappa shape index (κ2) is 14.2. The molecule has 1 aliphatic carbocycles. The van der Waals surface area contributed by atoms with Crippen molar-refractivity contribution in [1.82, 2.24) is 4.90 Å². The number of hydrogen-bond acceptors (Lipinski definition) is 4. The van der Waals surface area contributed by atoms with Gasteiger partial charge in [0, 0.05) is 19.6 Å². The fraction of sp³-hybridized carbons (Fsp3) is 0.378. The Balaban J connectivity index is 1.27. The van der Waals surface area contributed by atoms with E-state index in [1.54, 1.807) is 6.92 Å². The zero-order valence-corrected chi connectivity index (χ0v) is 24.5. The van der Waals surface area contributed by atoms with Gasteiger partial charge in [-0.2, -0.15) is 0 Å². The van der Waals surface area contributed by atoms with E-state index in [-0.39, 0.29) is 18.3 Å². The van der Waals surface area contributed by atoms with Crippen LogP contribution in [0.25, 0.3) is 5.57 Å². The van der Waals surface area contributed by atoms with Crippen molar-refractivity contribution in [2.45, 2.75) is 78.0 Å². The summed E-state index contributed by atoms with van der Waals surface area (Å²) < 4.78 is 11.4. The Morgan fingerprint density at radius 3 is 2.59 bits per heavy atom. The van der Waals surface area contributed by atoms with Gasteiger partial charge in [-0.15, -0.1) is 5.92 Å². The molecule has 41 heavy (non-hydrogen) atoms. The molecule has 0 N–H and O–H groups in total. The molecule has 0 radical (unpaired) electrons.